The van der Waals surface area contributed by atoms with Crippen LogP contribution in [0.1, 0.15) is 67.9 Å². The molecule has 0 bridgehead atoms. The van der Waals surface area contributed by atoms with Crippen molar-refractivity contribution in [2.75, 3.05) is 6.54 Å². The summed E-state index contributed by atoms with van der Waals surface area (Å²) in [6.45, 7) is 8.69. The van der Waals surface area contributed by atoms with E-state index in [0.717, 1.165) is 29.7 Å². The number of hydrogen-bond donors (Lipinski definition) is 0. The Labute approximate surface area is 122 Å². The van der Waals surface area contributed by atoms with Gasteiger partial charge in [0.15, 0.2) is 6.29 Å². The van der Waals surface area contributed by atoms with Crippen LogP contribution in [0, 0.1) is 0 Å². The normalized spacial score (nSPS) is 14.9. The molecule has 0 aromatic heterocycles. The van der Waals surface area contributed by atoms with Crippen LogP contribution in [-0.4, -0.2) is 18.5 Å². The van der Waals surface area contributed by atoms with Crippen LogP contribution in [0.15, 0.2) is 35.3 Å². The van der Waals surface area contributed by atoms with Gasteiger partial charge in [0.1, 0.15) is 0 Å². The maximum Gasteiger partial charge on any atom is 0.150 e. The summed E-state index contributed by atoms with van der Waals surface area (Å²) < 4.78 is 0. The summed E-state index contributed by atoms with van der Waals surface area (Å²) in [5, 5.41) is 0. The molecule has 0 unspecified atom stereocenters. The van der Waals surface area contributed by atoms with Gasteiger partial charge in [0.25, 0.3) is 0 Å². The third-order valence-electron chi connectivity index (χ3n) is 3.18. The summed E-state index contributed by atoms with van der Waals surface area (Å²) in [4.78, 5) is 15.7. The van der Waals surface area contributed by atoms with Crippen molar-refractivity contribution in [1.82, 2.24) is 0 Å². The second-order valence-electron chi connectivity index (χ2n) is 4.60. The van der Waals surface area contributed by atoms with Crippen LogP contribution in [-0.2, 0) is 0 Å². The fourth-order valence-corrected chi connectivity index (χ4v) is 2.14. The lowest BCUT2D eigenvalue weighted by Crippen LogP contribution is -2.03. The highest BCUT2D eigenvalue weighted by Gasteiger charge is 2.24. The first-order chi connectivity index (χ1) is 9.80. The minimum atomic E-state index is 0.672. The number of carbonyl (C=O) groups is 1. The minimum absolute atomic E-state index is 0.672. The molecule has 0 heterocycles. The fraction of sp³-hybridized carbons (Fsp3) is 0.444. The second-order valence-corrected chi connectivity index (χ2v) is 4.60. The molecular formula is C18H25NO. The van der Waals surface area contributed by atoms with E-state index in [-0.39, 0.29) is 0 Å². The van der Waals surface area contributed by atoms with Crippen molar-refractivity contribution in [3.63, 3.8) is 0 Å². The summed E-state index contributed by atoms with van der Waals surface area (Å²) in [6.07, 6.45) is 7.36. The number of hydrogen-bond acceptors (Lipinski definition) is 2. The van der Waals surface area contributed by atoms with Crippen molar-refractivity contribution in [2.45, 2.75) is 46.5 Å². The zero-order valence-corrected chi connectivity index (χ0v) is 13.0. The minimum Gasteiger partial charge on any atom is -0.298 e. The number of nitrogens with zero attached hydrogens (tertiary/aromatic N) is 1. The molecule has 108 valence electrons. The number of aliphatic imine (C=N–C) groups is 1. The van der Waals surface area contributed by atoms with Crippen LogP contribution in [0.5, 0.6) is 0 Å². The predicted octanol–water partition coefficient (Wildman–Crippen LogP) is 4.79. The quantitative estimate of drug-likeness (QED) is 0.559. The smallest absolute Gasteiger partial charge is 0.150 e. The predicted molar refractivity (Wildman–Crippen MR) is 87.0 cm³/mol. The Morgan fingerprint density at radius 3 is 2.55 bits per heavy atom. The van der Waals surface area contributed by atoms with E-state index in [1.54, 1.807) is 0 Å². The fourth-order valence-electron chi connectivity index (χ4n) is 2.14. The number of benzene rings is 1. The molecule has 0 aliphatic heterocycles. The first-order valence-electron chi connectivity index (χ1n) is 7.56. The van der Waals surface area contributed by atoms with Gasteiger partial charge in [-0.05, 0) is 50.3 Å². The monoisotopic (exact) mass is 271 g/mol. The lowest BCUT2D eigenvalue weighted by atomic mass is 9.98. The van der Waals surface area contributed by atoms with Gasteiger partial charge in [-0.2, -0.15) is 0 Å². The Balaban J connectivity index is 0.000000956. The van der Waals surface area contributed by atoms with Crippen molar-refractivity contribution in [2.24, 2.45) is 4.99 Å². The van der Waals surface area contributed by atoms with Gasteiger partial charge in [0, 0.05) is 17.7 Å². The molecule has 1 saturated carbocycles. The molecule has 1 aromatic carbocycles. The molecule has 1 aromatic rings. The molecule has 2 heteroatoms. The average Bonchev–Trinajstić information content (AvgIpc) is 3.33. The second kappa shape index (κ2) is 8.47. The molecule has 1 aliphatic rings. The molecule has 0 N–H and O–H groups in total. The number of aldehydes is 1. The highest BCUT2D eigenvalue weighted by Crippen LogP contribution is 2.40. The van der Waals surface area contributed by atoms with E-state index in [1.165, 1.54) is 18.4 Å². The van der Waals surface area contributed by atoms with E-state index in [9.17, 15) is 4.79 Å². The van der Waals surface area contributed by atoms with Gasteiger partial charge in [-0.15, -0.1) is 0 Å². The van der Waals surface area contributed by atoms with E-state index in [0.29, 0.717) is 5.92 Å². The van der Waals surface area contributed by atoms with Crippen LogP contribution < -0.4 is 0 Å². The molecule has 2 nitrogen and oxygen atoms in total. The van der Waals surface area contributed by atoms with Gasteiger partial charge in [0.05, 0.1) is 5.71 Å². The van der Waals surface area contributed by atoms with E-state index in [1.807, 2.05) is 52.0 Å². The zero-order chi connectivity index (χ0) is 15.0. The highest BCUT2D eigenvalue weighted by molar-refractivity contribution is 6.12. The summed E-state index contributed by atoms with van der Waals surface area (Å²) in [5.41, 5.74) is 3.88. The lowest BCUT2D eigenvalue weighted by molar-refractivity contribution is 0.112. The summed E-state index contributed by atoms with van der Waals surface area (Å²) in [6, 6.07) is 6.19. The third-order valence-corrected chi connectivity index (χ3v) is 3.18. The molecule has 1 aliphatic carbocycles. The van der Waals surface area contributed by atoms with Gasteiger partial charge in [0.2, 0.25) is 0 Å². The molecule has 0 saturated heterocycles. The third kappa shape index (κ3) is 4.16. The van der Waals surface area contributed by atoms with E-state index in [4.69, 9.17) is 0 Å². The molecule has 0 amide bonds. The van der Waals surface area contributed by atoms with Gasteiger partial charge < -0.3 is 0 Å². The Morgan fingerprint density at radius 1 is 1.35 bits per heavy atom. The van der Waals surface area contributed by atoms with Crippen molar-refractivity contribution in [3.05, 3.63) is 47.0 Å². The maximum atomic E-state index is 11.3. The van der Waals surface area contributed by atoms with Crippen molar-refractivity contribution in [1.29, 1.82) is 0 Å². The van der Waals surface area contributed by atoms with Crippen LogP contribution in [0.4, 0.5) is 0 Å². The first-order valence-corrected chi connectivity index (χ1v) is 7.56. The lowest BCUT2D eigenvalue weighted by Gasteiger charge is -2.07. The molecule has 2 rings (SSSR count). The number of carbonyl (C=O) groups excluding carboxylic acids is 1. The molecule has 0 spiro atoms. The number of rotatable bonds is 5. The zero-order valence-electron chi connectivity index (χ0n) is 13.0. The Bertz CT molecular complexity index is 496. The summed E-state index contributed by atoms with van der Waals surface area (Å²) in [5.74, 6) is 0.672. The molecule has 1 fully saturated rings. The molecule has 0 radical (unpaired) electrons. The van der Waals surface area contributed by atoms with Crippen molar-refractivity contribution >= 4 is 12.0 Å². The average molecular weight is 271 g/mol. The largest absolute Gasteiger partial charge is 0.298 e. The Hall–Kier alpha value is -1.70. The van der Waals surface area contributed by atoms with Crippen LogP contribution in [0.25, 0.3) is 0 Å². The molecule has 0 atom stereocenters. The van der Waals surface area contributed by atoms with Crippen molar-refractivity contribution in [3.8, 4) is 0 Å². The van der Waals surface area contributed by atoms with Gasteiger partial charge in [-0.25, -0.2) is 0 Å². The van der Waals surface area contributed by atoms with E-state index < -0.39 is 0 Å². The Kier molecular flexibility index (Phi) is 6.92. The van der Waals surface area contributed by atoms with E-state index >= 15 is 0 Å². The van der Waals surface area contributed by atoms with Gasteiger partial charge in [-0.3, -0.25) is 9.79 Å². The summed E-state index contributed by atoms with van der Waals surface area (Å²) >= 11 is 0. The van der Waals surface area contributed by atoms with Gasteiger partial charge in [-0.1, -0.05) is 32.1 Å². The topological polar surface area (TPSA) is 29.4 Å². The van der Waals surface area contributed by atoms with Crippen LogP contribution in [0.2, 0.25) is 0 Å². The van der Waals surface area contributed by atoms with Gasteiger partial charge >= 0.3 is 0 Å². The maximum absolute atomic E-state index is 11.3. The summed E-state index contributed by atoms with van der Waals surface area (Å²) in [7, 11) is 0. The molecule has 20 heavy (non-hydrogen) atoms. The first kappa shape index (κ1) is 16.4. The van der Waals surface area contributed by atoms with E-state index in [2.05, 4.69) is 11.1 Å². The highest BCUT2D eigenvalue weighted by atomic mass is 16.1. The van der Waals surface area contributed by atoms with Crippen LogP contribution in [0.3, 0.4) is 0 Å². The molecular weight excluding hydrogens is 246 g/mol. The Morgan fingerprint density at radius 2 is 2.05 bits per heavy atom. The SMILES string of the molecule is C/C=C\C(=NCC)c1ccc(C2CC2)cc1C=O.CC. The van der Waals surface area contributed by atoms with Crippen LogP contribution >= 0.6 is 0 Å². The standard InChI is InChI=1S/C16H19NO.C2H6/c1-3-5-16(17-4-2)15-9-8-13(12-6-7-12)10-14(15)11-18;1-2/h3,5,8-12H,4,6-7H2,1-2H3;1-2H3/b5-3-,17-16?;. The van der Waals surface area contributed by atoms with Crippen molar-refractivity contribution < 1.29 is 4.79 Å². The number of allylic oxidation sites excluding steroid dienone is 2.